The highest BCUT2D eigenvalue weighted by molar-refractivity contribution is 7.46. The van der Waals surface area contributed by atoms with Gasteiger partial charge in [0.1, 0.15) is 13.5 Å². The maximum absolute atomic E-state index is 12.9. The van der Waals surface area contributed by atoms with E-state index in [9.17, 15) is 28.3 Å². The highest BCUT2D eigenvalue weighted by Crippen LogP contribution is 2.68. The average molecular weight is 492 g/mol. The number of fused-ring (bicyclic) bond motifs is 1. The first-order valence-electron chi connectivity index (χ1n) is 9.61. The summed E-state index contributed by atoms with van der Waals surface area (Å²) in [7, 11) is -9.83. The van der Waals surface area contributed by atoms with Gasteiger partial charge >= 0.3 is 15.6 Å². The number of imide groups is 2. The summed E-state index contributed by atoms with van der Waals surface area (Å²) < 4.78 is 30.6. The number of hydrogen-bond acceptors (Lipinski definition) is 8. The molecule has 0 aromatic rings. The zero-order chi connectivity index (χ0) is 23.3. The normalized spacial score (nSPS) is 40.0. The topological polar surface area (TPSA) is 208 Å². The van der Waals surface area contributed by atoms with Gasteiger partial charge < -0.3 is 19.6 Å². The Morgan fingerprint density at radius 2 is 0.969 bits per heavy atom. The van der Waals surface area contributed by atoms with Crippen molar-refractivity contribution in [1.82, 2.24) is 9.80 Å². The fraction of sp³-hybridized carbons (Fsp3) is 0.625. The molecule has 0 aromatic heterocycles. The standard InChI is InChI=1S/C16H18N2O12P2/c19-13-9-5-1-2-6(10(9)14(20)17(13)3-29-31(23,24)25)8-7(5)11-12(8)16(22)18(15(11)21)4-30-32(26,27)28/h1-2,5-12H,3-4H2,(H2,23,24,25)(H2,26,27,28)/t5-,6+,7-,8-,9-,10-,11-,12-/m1/s1. The van der Waals surface area contributed by atoms with Crippen LogP contribution in [-0.4, -0.2) is 66.5 Å². The van der Waals surface area contributed by atoms with Gasteiger partial charge in [0.2, 0.25) is 23.6 Å². The molecule has 4 N–H and O–H groups in total. The number of phosphoric ester groups is 2. The average Bonchev–Trinajstić information content (AvgIpc) is 3.02. The molecule has 6 aliphatic rings. The third kappa shape index (κ3) is 3.02. The maximum atomic E-state index is 12.9. The molecule has 2 heterocycles. The van der Waals surface area contributed by atoms with E-state index < -0.39 is 100 Å². The van der Waals surface area contributed by atoms with Gasteiger partial charge in [-0.05, 0) is 23.7 Å². The van der Waals surface area contributed by atoms with Crippen LogP contribution in [0.15, 0.2) is 12.2 Å². The van der Waals surface area contributed by atoms with Crippen LogP contribution >= 0.6 is 15.6 Å². The molecule has 8 atom stereocenters. The molecule has 2 saturated carbocycles. The van der Waals surface area contributed by atoms with Crippen molar-refractivity contribution in [2.24, 2.45) is 47.3 Å². The van der Waals surface area contributed by atoms with E-state index in [4.69, 9.17) is 19.6 Å². The van der Waals surface area contributed by atoms with Crippen LogP contribution in [0.5, 0.6) is 0 Å². The van der Waals surface area contributed by atoms with Crippen molar-refractivity contribution in [3.63, 3.8) is 0 Å². The van der Waals surface area contributed by atoms with Crippen LogP contribution in [0.4, 0.5) is 0 Å². The van der Waals surface area contributed by atoms with E-state index >= 15 is 0 Å². The van der Waals surface area contributed by atoms with Gasteiger partial charge in [-0.3, -0.25) is 38.0 Å². The second-order valence-electron chi connectivity index (χ2n) is 8.50. The van der Waals surface area contributed by atoms with Crippen LogP contribution in [-0.2, 0) is 37.4 Å². The summed E-state index contributed by atoms with van der Waals surface area (Å²) in [5, 5.41) is 0. The minimum Gasteiger partial charge on any atom is -0.303 e. The van der Waals surface area contributed by atoms with E-state index in [0.29, 0.717) is 9.80 Å². The highest BCUT2D eigenvalue weighted by atomic mass is 31.2. The van der Waals surface area contributed by atoms with E-state index in [0.717, 1.165) is 0 Å². The predicted octanol–water partition coefficient (Wildman–Crippen LogP) is -1.62. The van der Waals surface area contributed by atoms with Gasteiger partial charge in [0, 0.05) is 0 Å². The van der Waals surface area contributed by atoms with E-state index in [1.165, 1.54) is 0 Å². The summed E-state index contributed by atoms with van der Waals surface area (Å²) >= 11 is 0. The fourth-order valence-corrected chi connectivity index (χ4v) is 6.78. The first kappa shape index (κ1) is 22.1. The zero-order valence-corrected chi connectivity index (χ0v) is 17.8. The molecule has 6 rings (SSSR count). The third-order valence-corrected chi connectivity index (χ3v) is 8.14. The number of amides is 4. The summed E-state index contributed by atoms with van der Waals surface area (Å²) in [6, 6.07) is 0. The van der Waals surface area contributed by atoms with Gasteiger partial charge in [0.25, 0.3) is 0 Å². The summed E-state index contributed by atoms with van der Waals surface area (Å²) in [4.78, 5) is 88.3. The highest BCUT2D eigenvalue weighted by Gasteiger charge is 2.75. The van der Waals surface area contributed by atoms with Crippen LogP contribution in [0, 0.1) is 47.3 Å². The predicted molar refractivity (Wildman–Crippen MR) is 96.8 cm³/mol. The molecule has 2 bridgehead atoms. The molecule has 4 aliphatic carbocycles. The van der Waals surface area contributed by atoms with Gasteiger partial charge in [0.15, 0.2) is 0 Å². The molecular weight excluding hydrogens is 474 g/mol. The number of carbonyl (C=O) groups excluding carboxylic acids is 4. The molecular formula is C16H18N2O12P2. The lowest BCUT2D eigenvalue weighted by Crippen LogP contribution is -2.63. The number of hydrogen-bond donors (Lipinski definition) is 4. The lowest BCUT2D eigenvalue weighted by atomic mass is 9.40. The minimum absolute atomic E-state index is 0.424. The second-order valence-corrected chi connectivity index (χ2v) is 11.0. The van der Waals surface area contributed by atoms with Crippen molar-refractivity contribution in [3.8, 4) is 0 Å². The van der Waals surface area contributed by atoms with Crippen molar-refractivity contribution in [1.29, 1.82) is 0 Å². The van der Waals surface area contributed by atoms with E-state index in [2.05, 4.69) is 9.05 Å². The number of likely N-dealkylation sites (tertiary alicyclic amines) is 2. The van der Waals surface area contributed by atoms with Crippen LogP contribution in [0.3, 0.4) is 0 Å². The largest absolute Gasteiger partial charge is 0.471 e. The minimum atomic E-state index is -4.92. The van der Waals surface area contributed by atoms with E-state index in [1.807, 2.05) is 0 Å². The van der Waals surface area contributed by atoms with Gasteiger partial charge in [-0.25, -0.2) is 9.13 Å². The molecule has 0 radical (unpaired) electrons. The quantitative estimate of drug-likeness (QED) is 0.187. The van der Waals surface area contributed by atoms with Crippen molar-refractivity contribution in [2.75, 3.05) is 13.5 Å². The Balaban J connectivity index is 1.40. The summed E-state index contributed by atoms with van der Waals surface area (Å²) in [6.45, 7) is -1.79. The van der Waals surface area contributed by atoms with Gasteiger partial charge in [-0.15, -0.1) is 0 Å². The van der Waals surface area contributed by atoms with Gasteiger partial charge in [-0.2, -0.15) is 0 Å². The molecule has 32 heavy (non-hydrogen) atoms. The Morgan fingerprint density at radius 3 is 1.28 bits per heavy atom. The molecule has 0 unspecified atom stereocenters. The molecule has 0 spiro atoms. The van der Waals surface area contributed by atoms with Crippen molar-refractivity contribution in [3.05, 3.63) is 12.2 Å². The second kappa shape index (κ2) is 6.87. The molecule has 4 fully saturated rings. The molecule has 16 heteroatoms. The molecule has 2 aliphatic heterocycles. The van der Waals surface area contributed by atoms with Crippen LogP contribution in [0.25, 0.3) is 0 Å². The Bertz CT molecular complexity index is 1010. The SMILES string of the molecule is O=C1[C@@H]2[C@H]3C=C[C@@H]([C@H]2C(=O)N1COP(=O)(O)O)[C@H]1[C@H]2C(=O)N(COP(=O)(O)O)C(=O)[C@@H]2[C@H]31. The summed E-state index contributed by atoms with van der Waals surface area (Å²) in [5.74, 6) is -7.84. The number of phosphoric acid groups is 2. The summed E-state index contributed by atoms with van der Waals surface area (Å²) in [6.07, 6.45) is 3.46. The van der Waals surface area contributed by atoms with Crippen molar-refractivity contribution in [2.45, 2.75) is 0 Å². The Morgan fingerprint density at radius 1 is 0.656 bits per heavy atom. The number of rotatable bonds is 6. The maximum Gasteiger partial charge on any atom is 0.471 e. The van der Waals surface area contributed by atoms with Crippen LogP contribution < -0.4 is 0 Å². The Kier molecular flexibility index (Phi) is 4.74. The molecule has 0 aromatic carbocycles. The number of nitrogens with zero attached hydrogens (tertiary/aromatic N) is 2. The van der Waals surface area contributed by atoms with Crippen molar-refractivity contribution >= 4 is 39.3 Å². The van der Waals surface area contributed by atoms with Crippen molar-refractivity contribution < 1.29 is 56.9 Å². The smallest absolute Gasteiger partial charge is 0.303 e. The van der Waals surface area contributed by atoms with E-state index in [1.54, 1.807) is 12.2 Å². The van der Waals surface area contributed by atoms with Crippen LogP contribution in [0.1, 0.15) is 0 Å². The van der Waals surface area contributed by atoms with Gasteiger partial charge in [0.05, 0.1) is 23.7 Å². The van der Waals surface area contributed by atoms with Gasteiger partial charge in [-0.1, -0.05) is 12.2 Å². The Labute approximate surface area is 179 Å². The Hall–Kier alpha value is -1.76. The number of allylic oxidation sites excluding steroid dienone is 2. The molecule has 14 nitrogen and oxygen atoms in total. The first-order valence-corrected chi connectivity index (χ1v) is 12.7. The lowest BCUT2D eigenvalue weighted by Gasteiger charge is -2.60. The lowest BCUT2D eigenvalue weighted by molar-refractivity contribution is -0.166. The zero-order valence-electron chi connectivity index (χ0n) is 16.0. The molecule has 4 amide bonds. The third-order valence-electron chi connectivity index (χ3n) is 7.24. The fourth-order valence-electron chi connectivity index (χ4n) is 6.24. The van der Waals surface area contributed by atoms with Crippen LogP contribution in [0.2, 0.25) is 0 Å². The van der Waals surface area contributed by atoms with E-state index in [-0.39, 0.29) is 0 Å². The summed E-state index contributed by atoms with van der Waals surface area (Å²) in [5.41, 5.74) is 0. The number of carbonyl (C=O) groups is 4. The monoisotopic (exact) mass is 492 g/mol. The molecule has 174 valence electrons. The first-order chi connectivity index (χ1) is 14.8. The molecule has 2 saturated heterocycles.